The first-order valence-electron chi connectivity index (χ1n) is 7.84. The Balaban J connectivity index is 0.00000169. The minimum atomic E-state index is -0.291. The van der Waals surface area contributed by atoms with Crippen molar-refractivity contribution in [3.8, 4) is 0 Å². The van der Waals surface area contributed by atoms with Gasteiger partial charge in [0.15, 0.2) is 0 Å². The molecule has 2 aromatic rings. The molecule has 1 heterocycles. The smallest absolute Gasteiger partial charge is 0.254 e. The lowest BCUT2D eigenvalue weighted by atomic mass is 10.1. The number of amides is 1. The Morgan fingerprint density at radius 1 is 1.08 bits per heavy atom. The van der Waals surface area contributed by atoms with Crippen LogP contribution >= 0.6 is 36.4 Å². The van der Waals surface area contributed by atoms with Crippen LogP contribution in [0, 0.1) is 5.82 Å². The summed E-state index contributed by atoms with van der Waals surface area (Å²) in [5.74, 6) is -0.313. The fourth-order valence-corrected chi connectivity index (χ4v) is 3.09. The van der Waals surface area contributed by atoms with Gasteiger partial charge in [0.25, 0.3) is 5.91 Å². The van der Waals surface area contributed by atoms with Crippen LogP contribution in [-0.4, -0.2) is 41.9 Å². The lowest BCUT2D eigenvalue weighted by Crippen LogP contribution is -2.48. The van der Waals surface area contributed by atoms with E-state index in [2.05, 4.69) is 4.90 Å². The molecule has 142 valence electrons. The van der Waals surface area contributed by atoms with Crippen molar-refractivity contribution in [3.63, 3.8) is 0 Å². The third-order valence-corrected chi connectivity index (χ3v) is 4.59. The average Bonchev–Trinajstić information content (AvgIpc) is 2.58. The van der Waals surface area contributed by atoms with E-state index in [1.54, 1.807) is 41.3 Å². The van der Waals surface area contributed by atoms with Gasteiger partial charge in [0, 0.05) is 54.6 Å². The molecular weight excluding hydrogens is 400 g/mol. The number of nitrogens with zero attached hydrogens (tertiary/aromatic N) is 2. The first-order valence-corrected chi connectivity index (χ1v) is 8.22. The second-order valence-corrected chi connectivity index (χ2v) is 6.30. The Bertz CT molecular complexity index is 732. The van der Waals surface area contributed by atoms with E-state index in [0.29, 0.717) is 54.6 Å². The molecule has 4 nitrogen and oxygen atoms in total. The average molecular weight is 421 g/mol. The first kappa shape index (κ1) is 22.5. The van der Waals surface area contributed by atoms with Crippen LogP contribution in [0.5, 0.6) is 0 Å². The summed E-state index contributed by atoms with van der Waals surface area (Å²) in [7, 11) is 0. The zero-order chi connectivity index (χ0) is 17.1. The monoisotopic (exact) mass is 419 g/mol. The number of anilines is 1. The van der Waals surface area contributed by atoms with Crippen LogP contribution in [0.3, 0.4) is 0 Å². The summed E-state index contributed by atoms with van der Waals surface area (Å²) in [4.78, 5) is 16.4. The molecule has 8 heteroatoms. The van der Waals surface area contributed by atoms with Crippen LogP contribution in [0.25, 0.3) is 0 Å². The fraction of sp³-hybridized carbons (Fsp3) is 0.278. The SMILES string of the molecule is Cl.Cl.Nc1cccc(C(=O)N2CCN(Cc3c(F)cccc3Cl)CC2)c1. The van der Waals surface area contributed by atoms with Crippen LogP contribution in [0.4, 0.5) is 10.1 Å². The molecule has 0 spiro atoms. The molecular formula is C18H21Cl3FN3O. The molecule has 1 aliphatic rings. The minimum absolute atomic E-state index is 0. The van der Waals surface area contributed by atoms with Gasteiger partial charge in [-0.25, -0.2) is 4.39 Å². The van der Waals surface area contributed by atoms with Crippen LogP contribution in [-0.2, 0) is 6.54 Å². The van der Waals surface area contributed by atoms with Crippen LogP contribution in [0.1, 0.15) is 15.9 Å². The fourth-order valence-electron chi connectivity index (χ4n) is 2.87. The van der Waals surface area contributed by atoms with Crippen LogP contribution in [0.2, 0.25) is 5.02 Å². The third kappa shape index (κ3) is 5.24. The molecule has 0 aromatic heterocycles. The molecule has 1 fully saturated rings. The molecule has 3 rings (SSSR count). The van der Waals surface area contributed by atoms with Crippen molar-refractivity contribution in [2.45, 2.75) is 6.54 Å². The summed E-state index contributed by atoms with van der Waals surface area (Å²) >= 11 is 6.08. The molecule has 1 aliphatic heterocycles. The van der Waals surface area contributed by atoms with Gasteiger partial charge in [-0.3, -0.25) is 9.69 Å². The summed E-state index contributed by atoms with van der Waals surface area (Å²) in [6.07, 6.45) is 0. The zero-order valence-electron chi connectivity index (χ0n) is 14.0. The normalized spacial score (nSPS) is 14.3. The van der Waals surface area contributed by atoms with E-state index in [1.807, 2.05) is 0 Å². The lowest BCUT2D eigenvalue weighted by molar-refractivity contribution is 0.0627. The molecule has 1 saturated heterocycles. The highest BCUT2D eigenvalue weighted by Crippen LogP contribution is 2.21. The van der Waals surface area contributed by atoms with E-state index in [4.69, 9.17) is 17.3 Å². The molecule has 26 heavy (non-hydrogen) atoms. The number of hydrogen-bond donors (Lipinski definition) is 1. The predicted molar refractivity (Wildman–Crippen MR) is 108 cm³/mol. The lowest BCUT2D eigenvalue weighted by Gasteiger charge is -2.35. The van der Waals surface area contributed by atoms with Crippen LogP contribution < -0.4 is 5.73 Å². The van der Waals surface area contributed by atoms with Gasteiger partial charge in [-0.05, 0) is 30.3 Å². The minimum Gasteiger partial charge on any atom is -0.399 e. The van der Waals surface area contributed by atoms with Gasteiger partial charge >= 0.3 is 0 Å². The molecule has 1 amide bonds. The highest BCUT2D eigenvalue weighted by atomic mass is 35.5. The zero-order valence-corrected chi connectivity index (χ0v) is 16.4. The Labute approximate surface area is 169 Å². The van der Waals surface area contributed by atoms with Gasteiger partial charge in [-0.2, -0.15) is 0 Å². The number of rotatable bonds is 3. The molecule has 0 bridgehead atoms. The summed E-state index contributed by atoms with van der Waals surface area (Å²) in [5, 5.41) is 0.438. The summed E-state index contributed by atoms with van der Waals surface area (Å²) < 4.78 is 13.9. The van der Waals surface area contributed by atoms with Crippen LogP contribution in [0.15, 0.2) is 42.5 Å². The molecule has 0 atom stereocenters. The summed E-state index contributed by atoms with van der Waals surface area (Å²) in [6, 6.07) is 11.7. The second kappa shape index (κ2) is 9.97. The van der Waals surface area contributed by atoms with Gasteiger partial charge in [-0.1, -0.05) is 23.7 Å². The largest absolute Gasteiger partial charge is 0.399 e. The number of piperazine rings is 1. The maximum Gasteiger partial charge on any atom is 0.254 e. The number of halogens is 4. The van der Waals surface area contributed by atoms with E-state index >= 15 is 0 Å². The maximum atomic E-state index is 13.9. The summed E-state index contributed by atoms with van der Waals surface area (Å²) in [5.41, 5.74) is 7.42. The van der Waals surface area contributed by atoms with Crippen molar-refractivity contribution in [1.29, 1.82) is 0 Å². The third-order valence-electron chi connectivity index (χ3n) is 4.24. The first-order chi connectivity index (χ1) is 11.5. The topological polar surface area (TPSA) is 49.6 Å². The van der Waals surface area contributed by atoms with Crippen molar-refractivity contribution < 1.29 is 9.18 Å². The number of nitrogen functional groups attached to an aromatic ring is 1. The number of carbonyl (C=O) groups is 1. The quantitative estimate of drug-likeness (QED) is 0.767. The van der Waals surface area contributed by atoms with E-state index in [9.17, 15) is 9.18 Å². The molecule has 0 radical (unpaired) electrons. The van der Waals surface area contributed by atoms with E-state index in [-0.39, 0.29) is 36.5 Å². The van der Waals surface area contributed by atoms with Gasteiger partial charge in [0.05, 0.1) is 0 Å². The Kier molecular flexibility index (Phi) is 8.63. The van der Waals surface area contributed by atoms with E-state index in [1.165, 1.54) is 6.07 Å². The number of nitrogens with two attached hydrogens (primary N) is 1. The summed E-state index contributed by atoms with van der Waals surface area (Å²) in [6.45, 7) is 3.00. The van der Waals surface area contributed by atoms with E-state index < -0.39 is 0 Å². The second-order valence-electron chi connectivity index (χ2n) is 5.89. The van der Waals surface area contributed by atoms with Crippen molar-refractivity contribution in [1.82, 2.24) is 9.80 Å². The van der Waals surface area contributed by atoms with E-state index in [0.717, 1.165) is 0 Å². The highest BCUT2D eigenvalue weighted by molar-refractivity contribution is 6.31. The Morgan fingerprint density at radius 2 is 1.73 bits per heavy atom. The molecule has 0 saturated carbocycles. The molecule has 0 unspecified atom stereocenters. The predicted octanol–water partition coefficient (Wildman–Crippen LogP) is 3.86. The van der Waals surface area contributed by atoms with Crippen molar-refractivity contribution in [2.24, 2.45) is 0 Å². The molecule has 2 aromatic carbocycles. The molecule has 2 N–H and O–H groups in total. The van der Waals surface area contributed by atoms with Crippen molar-refractivity contribution >= 4 is 48.0 Å². The Morgan fingerprint density at radius 3 is 2.35 bits per heavy atom. The number of hydrogen-bond acceptors (Lipinski definition) is 3. The number of carbonyl (C=O) groups excluding carboxylic acids is 1. The van der Waals surface area contributed by atoms with Crippen molar-refractivity contribution in [2.75, 3.05) is 31.9 Å². The van der Waals surface area contributed by atoms with Gasteiger partial charge in [0.2, 0.25) is 0 Å². The standard InChI is InChI=1S/C18H19ClFN3O.2ClH/c19-16-5-2-6-17(20)15(16)12-22-7-9-23(10-8-22)18(24)13-3-1-4-14(21)11-13;;/h1-6,11H,7-10,12,21H2;2*1H. The maximum absolute atomic E-state index is 13.9. The van der Waals surface area contributed by atoms with Crippen molar-refractivity contribution in [3.05, 3.63) is 64.4 Å². The molecule has 0 aliphatic carbocycles. The Hall–Kier alpha value is -1.53. The highest BCUT2D eigenvalue weighted by Gasteiger charge is 2.23. The van der Waals surface area contributed by atoms with Gasteiger partial charge in [0.1, 0.15) is 5.82 Å². The van der Waals surface area contributed by atoms with Gasteiger partial charge < -0.3 is 10.6 Å². The van der Waals surface area contributed by atoms with Gasteiger partial charge in [-0.15, -0.1) is 24.8 Å². The number of benzene rings is 2.